The zero-order chi connectivity index (χ0) is 12.0. The molecular formula is C12H17N3O. The fourth-order valence-corrected chi connectivity index (χ4v) is 1.23. The first-order valence-corrected chi connectivity index (χ1v) is 5.39. The first kappa shape index (κ1) is 12.3. The summed E-state index contributed by atoms with van der Waals surface area (Å²) in [4.78, 5) is 15.2. The lowest BCUT2D eigenvalue weighted by Crippen LogP contribution is -2.30. The molecule has 0 aromatic carbocycles. The summed E-state index contributed by atoms with van der Waals surface area (Å²) in [6.45, 7) is 6.24. The molecule has 86 valence electrons. The zero-order valence-electron chi connectivity index (χ0n) is 9.95. The van der Waals surface area contributed by atoms with Gasteiger partial charge in [0, 0.05) is 18.8 Å². The molecule has 1 aromatic rings. The van der Waals surface area contributed by atoms with Crippen LogP contribution in [0.1, 0.15) is 26.1 Å². The summed E-state index contributed by atoms with van der Waals surface area (Å²) < 4.78 is 1.96. The van der Waals surface area contributed by atoms with Crippen LogP contribution in [0, 0.1) is 18.8 Å². The number of imidazole rings is 1. The van der Waals surface area contributed by atoms with Crippen LogP contribution < -0.4 is 5.32 Å². The van der Waals surface area contributed by atoms with Gasteiger partial charge in [0.2, 0.25) is 5.91 Å². The second-order valence-corrected chi connectivity index (χ2v) is 3.57. The molecule has 0 aliphatic heterocycles. The molecule has 0 saturated carbocycles. The highest BCUT2D eigenvalue weighted by Gasteiger charge is 2.00. The molecule has 0 aliphatic carbocycles. The van der Waals surface area contributed by atoms with Gasteiger partial charge < -0.3 is 9.88 Å². The average Bonchev–Trinajstić information content (AvgIpc) is 2.64. The van der Waals surface area contributed by atoms with Crippen LogP contribution >= 0.6 is 0 Å². The molecule has 1 amide bonds. The fourth-order valence-electron chi connectivity index (χ4n) is 1.23. The van der Waals surface area contributed by atoms with E-state index in [1.165, 1.54) is 0 Å². The lowest BCUT2D eigenvalue weighted by Gasteiger charge is -2.05. The van der Waals surface area contributed by atoms with Gasteiger partial charge in [-0.3, -0.25) is 4.79 Å². The molecule has 1 aromatic heterocycles. The summed E-state index contributed by atoms with van der Waals surface area (Å²) in [6.07, 6.45) is 4.13. The van der Waals surface area contributed by atoms with E-state index in [2.05, 4.69) is 22.1 Å². The Morgan fingerprint density at radius 2 is 2.44 bits per heavy atom. The van der Waals surface area contributed by atoms with Crippen LogP contribution in [0.4, 0.5) is 0 Å². The van der Waals surface area contributed by atoms with Crippen LogP contribution in [0.25, 0.3) is 0 Å². The van der Waals surface area contributed by atoms with Gasteiger partial charge in [0.05, 0.1) is 12.6 Å². The maximum absolute atomic E-state index is 11.1. The number of hydrogen-bond donors (Lipinski definition) is 1. The van der Waals surface area contributed by atoms with E-state index in [9.17, 15) is 4.79 Å². The molecule has 0 aliphatic rings. The van der Waals surface area contributed by atoms with Crippen molar-refractivity contribution < 1.29 is 4.79 Å². The van der Waals surface area contributed by atoms with Crippen molar-refractivity contribution >= 4 is 5.91 Å². The van der Waals surface area contributed by atoms with Gasteiger partial charge in [-0.25, -0.2) is 4.98 Å². The Labute approximate surface area is 96.1 Å². The van der Waals surface area contributed by atoms with Crippen LogP contribution in [0.2, 0.25) is 0 Å². The van der Waals surface area contributed by atoms with Crippen molar-refractivity contribution in [1.29, 1.82) is 0 Å². The first-order chi connectivity index (χ1) is 7.63. The number of hydrogen-bond acceptors (Lipinski definition) is 2. The topological polar surface area (TPSA) is 46.9 Å². The summed E-state index contributed by atoms with van der Waals surface area (Å²) in [5, 5.41) is 2.79. The standard InChI is InChI=1S/C12H17N3O/c1-4-12(16)14-10(2)6-5-8-15-9-7-13-11(15)3/h7,9-10H,4,8H2,1-3H3,(H,14,16). The smallest absolute Gasteiger partial charge is 0.220 e. The van der Waals surface area contributed by atoms with Crippen molar-refractivity contribution in [2.45, 2.75) is 39.8 Å². The van der Waals surface area contributed by atoms with Crippen molar-refractivity contribution in [2.75, 3.05) is 0 Å². The Bertz CT molecular complexity index is 411. The monoisotopic (exact) mass is 219 g/mol. The van der Waals surface area contributed by atoms with Gasteiger partial charge in [-0.15, -0.1) is 0 Å². The summed E-state index contributed by atoms with van der Waals surface area (Å²) in [6, 6.07) is -0.101. The molecule has 0 saturated heterocycles. The number of aryl methyl sites for hydroxylation is 1. The third kappa shape index (κ3) is 3.77. The molecule has 4 nitrogen and oxygen atoms in total. The molecule has 4 heteroatoms. The maximum atomic E-state index is 11.1. The highest BCUT2D eigenvalue weighted by molar-refractivity contribution is 5.76. The van der Waals surface area contributed by atoms with Gasteiger partial charge in [0.1, 0.15) is 5.82 Å². The molecule has 1 rings (SSSR count). The van der Waals surface area contributed by atoms with Crippen LogP contribution in [0.5, 0.6) is 0 Å². The van der Waals surface area contributed by atoms with Gasteiger partial charge in [-0.1, -0.05) is 18.8 Å². The average molecular weight is 219 g/mol. The minimum atomic E-state index is -0.101. The lowest BCUT2D eigenvalue weighted by molar-refractivity contribution is -0.121. The van der Waals surface area contributed by atoms with Gasteiger partial charge in [0.25, 0.3) is 0 Å². The van der Waals surface area contributed by atoms with E-state index < -0.39 is 0 Å². The van der Waals surface area contributed by atoms with E-state index in [1.807, 2.05) is 31.5 Å². The molecule has 1 heterocycles. The predicted molar refractivity (Wildman–Crippen MR) is 62.6 cm³/mol. The zero-order valence-corrected chi connectivity index (χ0v) is 9.95. The summed E-state index contributed by atoms with van der Waals surface area (Å²) in [7, 11) is 0. The molecule has 1 N–H and O–H groups in total. The third-order valence-electron chi connectivity index (χ3n) is 2.19. The fraction of sp³-hybridized carbons (Fsp3) is 0.500. The molecule has 0 fully saturated rings. The number of nitrogens with zero attached hydrogens (tertiary/aromatic N) is 2. The highest BCUT2D eigenvalue weighted by Crippen LogP contribution is 1.93. The number of carbonyl (C=O) groups excluding carboxylic acids is 1. The number of rotatable bonds is 3. The van der Waals surface area contributed by atoms with Gasteiger partial charge in [-0.2, -0.15) is 0 Å². The summed E-state index contributed by atoms with van der Waals surface area (Å²) in [5.41, 5.74) is 0. The molecule has 0 radical (unpaired) electrons. The van der Waals surface area contributed by atoms with Gasteiger partial charge >= 0.3 is 0 Å². The molecule has 0 bridgehead atoms. The van der Waals surface area contributed by atoms with Crippen molar-refractivity contribution in [1.82, 2.24) is 14.9 Å². The van der Waals surface area contributed by atoms with E-state index >= 15 is 0 Å². The maximum Gasteiger partial charge on any atom is 0.220 e. The largest absolute Gasteiger partial charge is 0.343 e. The first-order valence-electron chi connectivity index (χ1n) is 5.39. The van der Waals surface area contributed by atoms with E-state index in [0.29, 0.717) is 13.0 Å². The second-order valence-electron chi connectivity index (χ2n) is 3.57. The Kier molecular flexibility index (Phi) is 4.59. The Hall–Kier alpha value is -1.76. The van der Waals surface area contributed by atoms with Crippen LogP contribution in [0.3, 0.4) is 0 Å². The normalized spacial score (nSPS) is 11.4. The lowest BCUT2D eigenvalue weighted by atomic mass is 10.3. The number of carbonyl (C=O) groups is 1. The van der Waals surface area contributed by atoms with Gasteiger partial charge in [-0.05, 0) is 13.8 Å². The Morgan fingerprint density at radius 1 is 1.69 bits per heavy atom. The highest BCUT2D eigenvalue weighted by atomic mass is 16.1. The summed E-state index contributed by atoms with van der Waals surface area (Å²) >= 11 is 0. The predicted octanol–water partition coefficient (Wildman–Crippen LogP) is 1.11. The molecule has 16 heavy (non-hydrogen) atoms. The number of amides is 1. The van der Waals surface area contributed by atoms with E-state index in [-0.39, 0.29) is 11.9 Å². The molecule has 1 atom stereocenters. The van der Waals surface area contributed by atoms with Gasteiger partial charge in [0.15, 0.2) is 0 Å². The van der Waals surface area contributed by atoms with E-state index in [4.69, 9.17) is 0 Å². The SMILES string of the molecule is CCC(=O)NC(C)C#CCn1ccnc1C. The second kappa shape index (κ2) is 5.96. The van der Waals surface area contributed by atoms with Crippen LogP contribution in [-0.4, -0.2) is 21.5 Å². The molecule has 1 unspecified atom stereocenters. The van der Waals surface area contributed by atoms with Crippen LogP contribution in [0.15, 0.2) is 12.4 Å². The van der Waals surface area contributed by atoms with Crippen LogP contribution in [-0.2, 0) is 11.3 Å². The minimum Gasteiger partial charge on any atom is -0.343 e. The summed E-state index contributed by atoms with van der Waals surface area (Å²) in [5.74, 6) is 6.97. The quantitative estimate of drug-likeness (QED) is 0.774. The van der Waals surface area contributed by atoms with Crippen molar-refractivity contribution in [3.05, 3.63) is 18.2 Å². The molecule has 0 spiro atoms. The number of aromatic nitrogens is 2. The van der Waals surface area contributed by atoms with Crippen molar-refractivity contribution in [3.63, 3.8) is 0 Å². The van der Waals surface area contributed by atoms with E-state index in [0.717, 1.165) is 5.82 Å². The Morgan fingerprint density at radius 3 is 3.00 bits per heavy atom. The van der Waals surface area contributed by atoms with E-state index in [1.54, 1.807) is 6.20 Å². The number of nitrogens with one attached hydrogen (secondary N) is 1. The third-order valence-corrected chi connectivity index (χ3v) is 2.19. The van der Waals surface area contributed by atoms with Crippen molar-refractivity contribution in [2.24, 2.45) is 0 Å². The minimum absolute atomic E-state index is 0.0283. The van der Waals surface area contributed by atoms with Crippen molar-refractivity contribution in [3.8, 4) is 11.8 Å². The Balaban J connectivity index is 2.43. The molecular weight excluding hydrogens is 202 g/mol.